The third kappa shape index (κ3) is 6.39. The van der Waals surface area contributed by atoms with Crippen LogP contribution >= 0.6 is 15.9 Å². The molecule has 5 heteroatoms. The molecule has 1 aromatic rings. The Balaban J connectivity index is 2.62. The summed E-state index contributed by atoms with van der Waals surface area (Å²) in [5.41, 5.74) is 1.05. The Labute approximate surface area is 129 Å². The molecule has 0 aromatic heterocycles. The van der Waals surface area contributed by atoms with Gasteiger partial charge in [0, 0.05) is 23.1 Å². The molecule has 0 spiro atoms. The van der Waals surface area contributed by atoms with E-state index >= 15 is 0 Å². The second-order valence-corrected chi connectivity index (χ2v) is 5.93. The number of halogens is 1. The first-order valence-corrected chi connectivity index (χ1v) is 7.70. The van der Waals surface area contributed by atoms with Gasteiger partial charge in [0.25, 0.3) is 5.91 Å². The van der Waals surface area contributed by atoms with Crippen LogP contribution in [0.2, 0.25) is 0 Å². The van der Waals surface area contributed by atoms with Crippen molar-refractivity contribution < 1.29 is 9.53 Å². The highest BCUT2D eigenvalue weighted by Gasteiger charge is 2.07. The van der Waals surface area contributed by atoms with Crippen LogP contribution in [-0.4, -0.2) is 25.6 Å². The number of benzene rings is 1. The van der Waals surface area contributed by atoms with Crippen molar-refractivity contribution in [3.05, 3.63) is 28.2 Å². The van der Waals surface area contributed by atoms with E-state index in [4.69, 9.17) is 4.74 Å². The Hall–Kier alpha value is -1.07. The Bertz CT molecular complexity index is 436. The molecule has 1 aromatic carbocycles. The minimum absolute atomic E-state index is 0.0483. The fourth-order valence-electron chi connectivity index (χ4n) is 1.71. The first-order chi connectivity index (χ1) is 9.52. The number of hydrogen-bond acceptors (Lipinski definition) is 3. The average molecular weight is 343 g/mol. The topological polar surface area (TPSA) is 50.4 Å². The average Bonchev–Trinajstić information content (AvgIpc) is 2.37. The molecule has 1 rings (SSSR count). The van der Waals surface area contributed by atoms with Crippen LogP contribution in [0.4, 0.5) is 0 Å². The van der Waals surface area contributed by atoms with Crippen LogP contribution < -0.4 is 15.4 Å². The molecule has 2 N–H and O–H groups in total. The lowest BCUT2D eigenvalue weighted by Gasteiger charge is -2.13. The zero-order chi connectivity index (χ0) is 15.0. The van der Waals surface area contributed by atoms with Gasteiger partial charge in [-0.3, -0.25) is 4.79 Å². The molecule has 0 fully saturated rings. The van der Waals surface area contributed by atoms with Gasteiger partial charge in [-0.25, -0.2) is 0 Å². The highest BCUT2D eigenvalue weighted by molar-refractivity contribution is 9.10. The van der Waals surface area contributed by atoms with Crippen LogP contribution in [0.15, 0.2) is 22.7 Å². The van der Waals surface area contributed by atoms with Crippen molar-refractivity contribution in [1.82, 2.24) is 10.6 Å². The number of hydrogen-bond donors (Lipinski definition) is 2. The van der Waals surface area contributed by atoms with E-state index in [2.05, 4.69) is 40.4 Å². The number of amides is 1. The number of ether oxygens (including phenoxy) is 1. The molecule has 0 saturated carbocycles. The molecule has 0 aliphatic carbocycles. The van der Waals surface area contributed by atoms with Gasteiger partial charge < -0.3 is 15.4 Å². The molecule has 0 bridgehead atoms. The molecule has 1 amide bonds. The molecule has 0 saturated heterocycles. The maximum atomic E-state index is 11.4. The van der Waals surface area contributed by atoms with Gasteiger partial charge in [0.05, 0.1) is 0 Å². The predicted molar refractivity (Wildman–Crippen MR) is 84.9 cm³/mol. The third-order valence-electron chi connectivity index (χ3n) is 2.62. The van der Waals surface area contributed by atoms with Gasteiger partial charge in [-0.2, -0.15) is 0 Å². The lowest BCUT2D eigenvalue weighted by Crippen LogP contribution is -2.28. The van der Waals surface area contributed by atoms with E-state index in [1.54, 1.807) is 0 Å². The van der Waals surface area contributed by atoms with Crippen LogP contribution in [0.5, 0.6) is 5.75 Å². The maximum Gasteiger partial charge on any atom is 0.257 e. The van der Waals surface area contributed by atoms with Gasteiger partial charge >= 0.3 is 0 Å². The van der Waals surface area contributed by atoms with Crippen LogP contribution in [0.3, 0.4) is 0 Å². The van der Waals surface area contributed by atoms with Crippen molar-refractivity contribution in [2.75, 3.05) is 19.7 Å². The summed E-state index contributed by atoms with van der Waals surface area (Å²) in [6.45, 7) is 8.56. The molecular formula is C15H23BrN2O2. The summed E-state index contributed by atoms with van der Waals surface area (Å²) in [5, 5.41) is 6.10. The van der Waals surface area contributed by atoms with Crippen LogP contribution in [0.25, 0.3) is 0 Å². The molecule has 4 nitrogen and oxygen atoms in total. The second kappa shape index (κ2) is 8.97. The zero-order valence-corrected chi connectivity index (χ0v) is 13.9. The van der Waals surface area contributed by atoms with Crippen molar-refractivity contribution in [3.8, 4) is 5.75 Å². The quantitative estimate of drug-likeness (QED) is 0.763. The van der Waals surface area contributed by atoms with E-state index in [0.717, 1.165) is 28.9 Å². The second-order valence-electron chi connectivity index (χ2n) is 5.02. The highest BCUT2D eigenvalue weighted by atomic mass is 79.9. The number of rotatable bonds is 8. The lowest BCUT2D eigenvalue weighted by atomic mass is 10.2. The fourth-order valence-corrected chi connectivity index (χ4v) is 2.12. The normalized spacial score (nSPS) is 10.7. The minimum Gasteiger partial charge on any atom is -0.483 e. The van der Waals surface area contributed by atoms with Crippen LogP contribution in [0.1, 0.15) is 26.3 Å². The van der Waals surface area contributed by atoms with Gasteiger partial charge in [-0.15, -0.1) is 0 Å². The van der Waals surface area contributed by atoms with E-state index in [1.165, 1.54) is 0 Å². The van der Waals surface area contributed by atoms with Gasteiger partial charge in [-0.05, 0) is 37.6 Å². The van der Waals surface area contributed by atoms with E-state index in [9.17, 15) is 4.79 Å². The highest BCUT2D eigenvalue weighted by Crippen LogP contribution is 2.23. The van der Waals surface area contributed by atoms with Crippen molar-refractivity contribution in [2.45, 2.75) is 27.3 Å². The Morgan fingerprint density at radius 3 is 2.80 bits per heavy atom. The van der Waals surface area contributed by atoms with E-state index in [0.29, 0.717) is 12.5 Å². The van der Waals surface area contributed by atoms with E-state index in [-0.39, 0.29) is 12.5 Å². The molecular weight excluding hydrogens is 320 g/mol. The fraction of sp³-hybridized carbons (Fsp3) is 0.533. The molecule has 0 aliphatic rings. The number of carbonyl (C=O) groups excluding carboxylic acids is 1. The third-order valence-corrected chi connectivity index (χ3v) is 3.12. The monoisotopic (exact) mass is 342 g/mol. The van der Waals surface area contributed by atoms with E-state index < -0.39 is 0 Å². The first kappa shape index (κ1) is 17.0. The largest absolute Gasteiger partial charge is 0.483 e. The summed E-state index contributed by atoms with van der Waals surface area (Å²) in [6.07, 6.45) is 0. The van der Waals surface area contributed by atoms with Gasteiger partial charge in [0.15, 0.2) is 6.61 Å². The molecule has 0 heterocycles. The first-order valence-electron chi connectivity index (χ1n) is 6.91. The number of nitrogens with one attached hydrogen (secondary N) is 2. The summed E-state index contributed by atoms with van der Waals surface area (Å²) < 4.78 is 6.60. The summed E-state index contributed by atoms with van der Waals surface area (Å²) in [4.78, 5) is 11.4. The van der Waals surface area contributed by atoms with Crippen molar-refractivity contribution in [1.29, 1.82) is 0 Å². The zero-order valence-electron chi connectivity index (χ0n) is 12.3. The molecule has 0 aliphatic heterocycles. The summed E-state index contributed by atoms with van der Waals surface area (Å²) >= 11 is 3.46. The maximum absolute atomic E-state index is 11.4. The Morgan fingerprint density at radius 2 is 2.15 bits per heavy atom. The van der Waals surface area contributed by atoms with Gasteiger partial charge in [-0.1, -0.05) is 29.8 Å². The number of likely N-dealkylation sites (N-methyl/N-ethyl adjacent to an activating group) is 1. The van der Waals surface area contributed by atoms with Gasteiger partial charge in [0.1, 0.15) is 5.75 Å². The van der Waals surface area contributed by atoms with E-state index in [1.807, 2.05) is 25.1 Å². The van der Waals surface area contributed by atoms with Crippen LogP contribution in [-0.2, 0) is 11.3 Å². The van der Waals surface area contributed by atoms with Crippen molar-refractivity contribution in [3.63, 3.8) is 0 Å². The summed E-state index contributed by atoms with van der Waals surface area (Å²) in [7, 11) is 0. The minimum atomic E-state index is -0.100. The standard InChI is InChI=1S/C15H23BrN2O2/c1-4-18-15(19)10-20-14-6-5-13(16)7-12(14)9-17-8-11(2)3/h5-7,11,17H,4,8-10H2,1-3H3,(H,18,19). The summed E-state index contributed by atoms with van der Waals surface area (Å²) in [5.74, 6) is 1.24. The van der Waals surface area contributed by atoms with Crippen molar-refractivity contribution in [2.24, 2.45) is 5.92 Å². The molecule has 0 atom stereocenters. The molecule has 0 radical (unpaired) electrons. The van der Waals surface area contributed by atoms with Gasteiger partial charge in [0.2, 0.25) is 0 Å². The smallest absolute Gasteiger partial charge is 0.257 e. The Morgan fingerprint density at radius 1 is 1.40 bits per heavy atom. The SMILES string of the molecule is CCNC(=O)COc1ccc(Br)cc1CNCC(C)C. The Kier molecular flexibility index (Phi) is 7.62. The van der Waals surface area contributed by atoms with Crippen molar-refractivity contribution >= 4 is 21.8 Å². The predicted octanol–water partition coefficient (Wildman–Crippen LogP) is 2.71. The molecule has 112 valence electrons. The van der Waals surface area contributed by atoms with Crippen LogP contribution in [0, 0.1) is 5.92 Å². The number of carbonyl (C=O) groups is 1. The summed E-state index contributed by atoms with van der Waals surface area (Å²) in [6, 6.07) is 5.81. The molecule has 20 heavy (non-hydrogen) atoms. The lowest BCUT2D eigenvalue weighted by molar-refractivity contribution is -0.122. The molecule has 0 unspecified atom stereocenters.